The van der Waals surface area contributed by atoms with Gasteiger partial charge in [0.1, 0.15) is 5.75 Å². The molecule has 0 amide bonds. The number of nitrogen functional groups attached to an aromatic ring is 2. The second-order valence-electron chi connectivity index (χ2n) is 4.76. The molecule has 3 heteroatoms. The molecule has 0 unspecified atom stereocenters. The zero-order valence-corrected chi connectivity index (χ0v) is 11.5. The molecule has 3 aromatic carbocycles. The van der Waals surface area contributed by atoms with Crippen LogP contribution in [0, 0.1) is 0 Å². The van der Waals surface area contributed by atoms with Gasteiger partial charge in [0, 0.05) is 0 Å². The van der Waals surface area contributed by atoms with Gasteiger partial charge in [-0.15, -0.1) is 0 Å². The molecule has 0 bridgehead atoms. The van der Waals surface area contributed by atoms with E-state index in [1.807, 2.05) is 66.7 Å². The van der Waals surface area contributed by atoms with E-state index in [0.717, 1.165) is 11.1 Å². The Hall–Kier alpha value is -2.94. The first-order valence-electron chi connectivity index (χ1n) is 6.71. The normalized spacial score (nSPS) is 10.3. The lowest BCUT2D eigenvalue weighted by atomic mass is 10.1. The molecule has 0 aromatic heterocycles. The zero-order valence-electron chi connectivity index (χ0n) is 11.5. The fourth-order valence-electron chi connectivity index (χ4n) is 2.12. The number of para-hydroxylation sites is 2. The predicted octanol–water partition coefficient (Wildman–Crippen LogP) is 4.31. The van der Waals surface area contributed by atoms with E-state index in [-0.39, 0.29) is 0 Å². The van der Waals surface area contributed by atoms with Crippen LogP contribution < -0.4 is 16.2 Å². The molecule has 0 aliphatic heterocycles. The zero-order chi connectivity index (χ0) is 14.7. The smallest absolute Gasteiger partial charge is 0.151 e. The van der Waals surface area contributed by atoms with Crippen LogP contribution in [0.3, 0.4) is 0 Å². The molecule has 3 rings (SSSR count). The van der Waals surface area contributed by atoms with E-state index >= 15 is 0 Å². The van der Waals surface area contributed by atoms with Crippen LogP contribution in [0.4, 0.5) is 11.4 Å². The second kappa shape index (κ2) is 5.59. The van der Waals surface area contributed by atoms with Gasteiger partial charge in [0.2, 0.25) is 0 Å². The molecule has 0 saturated carbocycles. The SMILES string of the molecule is Nc1ccccc1Oc1cc(-c2ccccc2)ccc1N. The minimum atomic E-state index is 0.581. The quantitative estimate of drug-likeness (QED) is 0.701. The maximum atomic E-state index is 6.00. The van der Waals surface area contributed by atoms with Crippen molar-refractivity contribution in [2.45, 2.75) is 0 Å². The number of rotatable bonds is 3. The summed E-state index contributed by atoms with van der Waals surface area (Å²) in [7, 11) is 0. The summed E-state index contributed by atoms with van der Waals surface area (Å²) in [5.74, 6) is 1.21. The minimum Gasteiger partial charge on any atom is -0.453 e. The summed E-state index contributed by atoms with van der Waals surface area (Å²) < 4.78 is 5.85. The molecule has 0 heterocycles. The Labute approximate surface area is 123 Å². The standard InChI is InChI=1S/C18H16N2O/c19-15-8-4-5-9-17(15)21-18-12-14(10-11-16(18)20)13-6-2-1-3-7-13/h1-12H,19-20H2. The highest BCUT2D eigenvalue weighted by Gasteiger charge is 2.07. The van der Waals surface area contributed by atoms with Crippen molar-refractivity contribution in [3.8, 4) is 22.6 Å². The van der Waals surface area contributed by atoms with Crippen molar-refractivity contribution in [2.75, 3.05) is 11.5 Å². The van der Waals surface area contributed by atoms with Gasteiger partial charge in [-0.1, -0.05) is 48.5 Å². The average molecular weight is 276 g/mol. The highest BCUT2D eigenvalue weighted by molar-refractivity contribution is 5.70. The highest BCUT2D eigenvalue weighted by Crippen LogP contribution is 2.34. The first-order chi connectivity index (χ1) is 10.2. The number of hydrogen-bond donors (Lipinski definition) is 2. The van der Waals surface area contributed by atoms with E-state index < -0.39 is 0 Å². The Morgan fingerprint density at radius 1 is 0.571 bits per heavy atom. The third-order valence-electron chi connectivity index (χ3n) is 3.26. The van der Waals surface area contributed by atoms with Crippen LogP contribution in [-0.4, -0.2) is 0 Å². The lowest BCUT2D eigenvalue weighted by Gasteiger charge is -2.12. The molecule has 3 aromatic rings. The van der Waals surface area contributed by atoms with Crippen molar-refractivity contribution in [1.29, 1.82) is 0 Å². The summed E-state index contributed by atoms with van der Waals surface area (Å²) in [6.07, 6.45) is 0. The predicted molar refractivity (Wildman–Crippen MR) is 87.2 cm³/mol. The molecule has 4 N–H and O–H groups in total. The maximum Gasteiger partial charge on any atom is 0.151 e. The highest BCUT2D eigenvalue weighted by atomic mass is 16.5. The minimum absolute atomic E-state index is 0.581. The van der Waals surface area contributed by atoms with E-state index in [1.54, 1.807) is 6.07 Å². The average Bonchev–Trinajstić information content (AvgIpc) is 2.52. The van der Waals surface area contributed by atoms with Crippen molar-refractivity contribution >= 4 is 11.4 Å². The Morgan fingerprint density at radius 3 is 2.00 bits per heavy atom. The van der Waals surface area contributed by atoms with Gasteiger partial charge in [-0.3, -0.25) is 0 Å². The summed E-state index contributed by atoms with van der Waals surface area (Å²) in [5, 5.41) is 0. The summed E-state index contributed by atoms with van der Waals surface area (Å²) in [4.78, 5) is 0. The first-order valence-corrected chi connectivity index (χ1v) is 6.71. The van der Waals surface area contributed by atoms with Gasteiger partial charge >= 0.3 is 0 Å². The fourth-order valence-corrected chi connectivity index (χ4v) is 2.12. The van der Waals surface area contributed by atoms with Crippen LogP contribution in [0.2, 0.25) is 0 Å². The topological polar surface area (TPSA) is 61.3 Å². The van der Waals surface area contributed by atoms with Gasteiger partial charge in [-0.2, -0.15) is 0 Å². The van der Waals surface area contributed by atoms with Crippen molar-refractivity contribution in [3.05, 3.63) is 72.8 Å². The van der Waals surface area contributed by atoms with E-state index in [2.05, 4.69) is 0 Å². The fraction of sp³-hybridized carbons (Fsp3) is 0. The number of nitrogens with two attached hydrogens (primary N) is 2. The molecule has 3 nitrogen and oxygen atoms in total. The molecule has 0 saturated heterocycles. The molecular weight excluding hydrogens is 260 g/mol. The summed E-state index contributed by atoms with van der Waals surface area (Å²) >= 11 is 0. The number of hydrogen-bond acceptors (Lipinski definition) is 3. The monoisotopic (exact) mass is 276 g/mol. The Bertz CT molecular complexity index is 754. The molecule has 21 heavy (non-hydrogen) atoms. The Morgan fingerprint density at radius 2 is 1.24 bits per heavy atom. The lowest BCUT2D eigenvalue weighted by Crippen LogP contribution is -1.95. The summed E-state index contributed by atoms with van der Waals surface area (Å²) in [6.45, 7) is 0. The number of anilines is 2. The summed E-state index contributed by atoms with van der Waals surface area (Å²) in [5.41, 5.74) is 15.2. The van der Waals surface area contributed by atoms with E-state index in [4.69, 9.17) is 16.2 Å². The molecule has 104 valence electrons. The van der Waals surface area contributed by atoms with Crippen molar-refractivity contribution in [3.63, 3.8) is 0 Å². The molecule has 0 aliphatic carbocycles. The molecule has 0 radical (unpaired) electrons. The van der Waals surface area contributed by atoms with Crippen LogP contribution in [0.1, 0.15) is 0 Å². The third-order valence-corrected chi connectivity index (χ3v) is 3.26. The van der Waals surface area contributed by atoms with Gasteiger partial charge in [0.05, 0.1) is 11.4 Å². The first kappa shape index (κ1) is 13.1. The van der Waals surface area contributed by atoms with Gasteiger partial charge < -0.3 is 16.2 Å². The van der Waals surface area contributed by atoms with Crippen LogP contribution in [-0.2, 0) is 0 Å². The van der Waals surface area contributed by atoms with E-state index in [0.29, 0.717) is 22.9 Å². The third kappa shape index (κ3) is 2.82. The lowest BCUT2D eigenvalue weighted by molar-refractivity contribution is 0.487. The molecule has 0 spiro atoms. The van der Waals surface area contributed by atoms with Crippen LogP contribution in [0.15, 0.2) is 72.8 Å². The summed E-state index contributed by atoms with van der Waals surface area (Å²) in [6, 6.07) is 23.2. The van der Waals surface area contributed by atoms with Gasteiger partial charge in [0.25, 0.3) is 0 Å². The second-order valence-corrected chi connectivity index (χ2v) is 4.76. The van der Waals surface area contributed by atoms with Crippen LogP contribution >= 0.6 is 0 Å². The van der Waals surface area contributed by atoms with E-state index in [9.17, 15) is 0 Å². The van der Waals surface area contributed by atoms with Gasteiger partial charge in [-0.05, 0) is 35.4 Å². The molecular formula is C18H16N2O. The van der Waals surface area contributed by atoms with Gasteiger partial charge in [-0.25, -0.2) is 0 Å². The Kier molecular flexibility index (Phi) is 3.48. The Balaban J connectivity index is 1.98. The molecule has 0 fully saturated rings. The van der Waals surface area contributed by atoms with Crippen molar-refractivity contribution in [1.82, 2.24) is 0 Å². The van der Waals surface area contributed by atoms with Crippen molar-refractivity contribution < 1.29 is 4.74 Å². The van der Waals surface area contributed by atoms with Crippen molar-refractivity contribution in [2.24, 2.45) is 0 Å². The maximum absolute atomic E-state index is 6.00. The van der Waals surface area contributed by atoms with Crippen LogP contribution in [0.25, 0.3) is 11.1 Å². The number of ether oxygens (including phenoxy) is 1. The molecule has 0 aliphatic rings. The molecule has 0 atom stereocenters. The number of benzene rings is 3. The van der Waals surface area contributed by atoms with E-state index in [1.165, 1.54) is 0 Å². The largest absolute Gasteiger partial charge is 0.453 e. The van der Waals surface area contributed by atoms with Crippen LogP contribution in [0.5, 0.6) is 11.5 Å². The van der Waals surface area contributed by atoms with Gasteiger partial charge in [0.15, 0.2) is 5.75 Å².